The second kappa shape index (κ2) is 6.71. The summed E-state index contributed by atoms with van der Waals surface area (Å²) in [6, 6.07) is 8.35. The van der Waals surface area contributed by atoms with Gasteiger partial charge in [0.05, 0.1) is 5.41 Å². The van der Waals surface area contributed by atoms with Crippen molar-refractivity contribution >= 4 is 21.8 Å². The van der Waals surface area contributed by atoms with Crippen molar-refractivity contribution in [2.45, 2.75) is 43.9 Å². The summed E-state index contributed by atoms with van der Waals surface area (Å²) in [5.41, 5.74) is 6.66. The number of amides is 1. The quantitative estimate of drug-likeness (QED) is 0.892. The van der Waals surface area contributed by atoms with Crippen LogP contribution in [0.1, 0.15) is 44.1 Å². The highest BCUT2D eigenvalue weighted by Crippen LogP contribution is 2.42. The molecule has 2 N–H and O–H groups in total. The third kappa shape index (κ3) is 2.95. The van der Waals surface area contributed by atoms with Gasteiger partial charge in [-0.3, -0.25) is 4.79 Å². The maximum atomic E-state index is 13.4. The lowest BCUT2D eigenvalue weighted by molar-refractivity contribution is -0.138. The van der Waals surface area contributed by atoms with Gasteiger partial charge in [-0.25, -0.2) is 0 Å². The molecule has 1 aromatic rings. The lowest BCUT2D eigenvalue weighted by Gasteiger charge is -2.39. The molecule has 0 spiro atoms. The summed E-state index contributed by atoms with van der Waals surface area (Å²) in [5.74, 6) is 0.813. The van der Waals surface area contributed by atoms with E-state index < -0.39 is 0 Å². The van der Waals surface area contributed by atoms with Crippen molar-refractivity contribution in [1.82, 2.24) is 4.90 Å². The molecule has 1 saturated heterocycles. The predicted molar refractivity (Wildman–Crippen MR) is 92.6 cm³/mol. The lowest BCUT2D eigenvalue weighted by Crippen LogP contribution is -2.47. The smallest absolute Gasteiger partial charge is 0.233 e. The number of carbonyl (C=O) groups excluding carboxylic acids is 1. The minimum Gasteiger partial charge on any atom is -0.342 e. The van der Waals surface area contributed by atoms with Crippen molar-refractivity contribution in [3.05, 3.63) is 34.3 Å². The number of halogens is 1. The van der Waals surface area contributed by atoms with E-state index in [1.54, 1.807) is 0 Å². The first-order chi connectivity index (χ1) is 10.7. The minimum absolute atomic E-state index is 0.314. The standard InChI is InChI=1S/C18H25BrN2O/c19-16-6-4-5-15(11-16)18(8-2-1-3-9-18)17(22)21-10-7-14(12-20)13-21/h4-6,11,14H,1-3,7-10,12-13,20H2. The minimum atomic E-state index is -0.314. The molecule has 2 aliphatic rings. The second-order valence-electron chi connectivity index (χ2n) is 6.79. The Bertz CT molecular complexity index is 540. The van der Waals surface area contributed by atoms with Crippen molar-refractivity contribution in [1.29, 1.82) is 0 Å². The summed E-state index contributed by atoms with van der Waals surface area (Å²) in [4.78, 5) is 15.4. The molecule has 0 radical (unpaired) electrons. The molecule has 1 amide bonds. The van der Waals surface area contributed by atoms with E-state index in [0.29, 0.717) is 18.4 Å². The average molecular weight is 365 g/mol. The monoisotopic (exact) mass is 364 g/mol. The van der Waals surface area contributed by atoms with E-state index in [4.69, 9.17) is 5.73 Å². The van der Waals surface area contributed by atoms with Crippen LogP contribution < -0.4 is 5.73 Å². The van der Waals surface area contributed by atoms with E-state index in [0.717, 1.165) is 49.7 Å². The Hall–Kier alpha value is -0.870. The highest BCUT2D eigenvalue weighted by molar-refractivity contribution is 9.10. The summed E-state index contributed by atoms with van der Waals surface area (Å²) in [5, 5.41) is 0. The van der Waals surface area contributed by atoms with Crippen LogP contribution in [0.15, 0.2) is 28.7 Å². The van der Waals surface area contributed by atoms with Crippen LogP contribution in [0.25, 0.3) is 0 Å². The second-order valence-corrected chi connectivity index (χ2v) is 7.71. The number of carbonyl (C=O) groups is 1. The van der Waals surface area contributed by atoms with E-state index in [9.17, 15) is 4.79 Å². The predicted octanol–water partition coefficient (Wildman–Crippen LogP) is 3.46. The molecular formula is C18H25BrN2O. The molecule has 1 aliphatic heterocycles. The number of rotatable bonds is 3. The van der Waals surface area contributed by atoms with E-state index in [2.05, 4.69) is 39.0 Å². The maximum absolute atomic E-state index is 13.4. The van der Waals surface area contributed by atoms with Crippen molar-refractivity contribution in [2.75, 3.05) is 19.6 Å². The van der Waals surface area contributed by atoms with Gasteiger partial charge in [0.2, 0.25) is 5.91 Å². The molecule has 1 atom stereocenters. The maximum Gasteiger partial charge on any atom is 0.233 e. The highest BCUT2D eigenvalue weighted by atomic mass is 79.9. The first-order valence-corrected chi connectivity index (χ1v) is 9.20. The first kappa shape index (κ1) is 16.0. The Labute approximate surface area is 141 Å². The van der Waals surface area contributed by atoms with E-state index in [-0.39, 0.29) is 5.41 Å². The van der Waals surface area contributed by atoms with Gasteiger partial charge in [-0.2, -0.15) is 0 Å². The van der Waals surface area contributed by atoms with Gasteiger partial charge in [0.15, 0.2) is 0 Å². The third-order valence-electron chi connectivity index (χ3n) is 5.40. The number of hydrogen-bond donors (Lipinski definition) is 1. The van der Waals surface area contributed by atoms with Crippen LogP contribution in [0.4, 0.5) is 0 Å². The molecule has 1 unspecified atom stereocenters. The number of benzene rings is 1. The lowest BCUT2D eigenvalue weighted by atomic mass is 9.68. The zero-order valence-electron chi connectivity index (χ0n) is 13.1. The van der Waals surface area contributed by atoms with Crippen LogP contribution in [-0.2, 0) is 10.2 Å². The molecule has 22 heavy (non-hydrogen) atoms. The summed E-state index contributed by atoms with van der Waals surface area (Å²) in [6.07, 6.45) is 6.54. The van der Waals surface area contributed by atoms with Crippen LogP contribution in [0.2, 0.25) is 0 Å². The number of likely N-dealkylation sites (tertiary alicyclic amines) is 1. The van der Waals surface area contributed by atoms with Crippen LogP contribution in [0, 0.1) is 5.92 Å². The largest absolute Gasteiger partial charge is 0.342 e. The van der Waals surface area contributed by atoms with Crippen molar-refractivity contribution in [3.8, 4) is 0 Å². The Morgan fingerprint density at radius 2 is 2.09 bits per heavy atom. The van der Waals surface area contributed by atoms with E-state index in [1.807, 2.05) is 6.07 Å². The van der Waals surface area contributed by atoms with Gasteiger partial charge in [-0.1, -0.05) is 47.3 Å². The van der Waals surface area contributed by atoms with Crippen molar-refractivity contribution in [2.24, 2.45) is 11.7 Å². The topological polar surface area (TPSA) is 46.3 Å². The van der Waals surface area contributed by atoms with Crippen LogP contribution in [0.3, 0.4) is 0 Å². The average Bonchev–Trinajstić information content (AvgIpc) is 3.04. The zero-order valence-corrected chi connectivity index (χ0v) is 14.6. The molecule has 1 heterocycles. The van der Waals surface area contributed by atoms with Crippen LogP contribution in [-0.4, -0.2) is 30.4 Å². The highest BCUT2D eigenvalue weighted by Gasteiger charge is 2.44. The third-order valence-corrected chi connectivity index (χ3v) is 5.89. The van der Waals surface area contributed by atoms with Gasteiger partial charge >= 0.3 is 0 Å². The summed E-state index contributed by atoms with van der Waals surface area (Å²) < 4.78 is 1.06. The number of nitrogens with zero attached hydrogens (tertiary/aromatic N) is 1. The fourth-order valence-corrected chi connectivity index (χ4v) is 4.48. The van der Waals surface area contributed by atoms with Gasteiger partial charge in [0, 0.05) is 17.6 Å². The summed E-state index contributed by atoms with van der Waals surface area (Å²) >= 11 is 3.56. The SMILES string of the molecule is NCC1CCN(C(=O)C2(c3cccc(Br)c3)CCCCC2)C1. The summed E-state index contributed by atoms with van der Waals surface area (Å²) in [6.45, 7) is 2.40. The molecule has 120 valence electrons. The zero-order chi connectivity index (χ0) is 15.6. The molecule has 0 bridgehead atoms. The van der Waals surface area contributed by atoms with E-state index >= 15 is 0 Å². The number of hydrogen-bond acceptors (Lipinski definition) is 2. The van der Waals surface area contributed by atoms with Crippen molar-refractivity contribution in [3.63, 3.8) is 0 Å². The molecule has 1 aliphatic carbocycles. The van der Waals surface area contributed by atoms with E-state index in [1.165, 1.54) is 12.0 Å². The molecule has 1 aromatic carbocycles. The fraction of sp³-hybridized carbons (Fsp3) is 0.611. The fourth-order valence-electron chi connectivity index (χ4n) is 4.08. The van der Waals surface area contributed by atoms with Gasteiger partial charge in [-0.05, 0) is 49.4 Å². The van der Waals surface area contributed by atoms with Gasteiger partial charge in [0.25, 0.3) is 0 Å². The van der Waals surface area contributed by atoms with Gasteiger partial charge < -0.3 is 10.6 Å². The molecule has 2 fully saturated rings. The normalized spacial score (nSPS) is 24.5. The van der Waals surface area contributed by atoms with Crippen LogP contribution in [0.5, 0.6) is 0 Å². The van der Waals surface area contributed by atoms with Crippen molar-refractivity contribution < 1.29 is 4.79 Å². The van der Waals surface area contributed by atoms with Gasteiger partial charge in [-0.15, -0.1) is 0 Å². The van der Waals surface area contributed by atoms with Gasteiger partial charge in [0.1, 0.15) is 0 Å². The Balaban J connectivity index is 1.91. The Morgan fingerprint density at radius 1 is 1.32 bits per heavy atom. The van der Waals surface area contributed by atoms with Crippen LogP contribution >= 0.6 is 15.9 Å². The molecule has 1 saturated carbocycles. The molecule has 3 rings (SSSR count). The molecular weight excluding hydrogens is 340 g/mol. The molecule has 0 aromatic heterocycles. The Kier molecular flexibility index (Phi) is 4.88. The first-order valence-electron chi connectivity index (χ1n) is 8.41. The number of nitrogens with two attached hydrogens (primary N) is 1. The summed E-state index contributed by atoms with van der Waals surface area (Å²) in [7, 11) is 0. The molecule has 3 nitrogen and oxygen atoms in total. The Morgan fingerprint density at radius 3 is 2.73 bits per heavy atom. The molecule has 4 heteroatoms.